The van der Waals surface area contributed by atoms with E-state index < -0.39 is 0 Å². The molecule has 150 valence electrons. The fraction of sp³-hybridized carbons (Fsp3) is 0.391. The van der Waals surface area contributed by atoms with Gasteiger partial charge >= 0.3 is 0 Å². The van der Waals surface area contributed by atoms with Crippen molar-refractivity contribution in [3.63, 3.8) is 0 Å². The van der Waals surface area contributed by atoms with Gasteiger partial charge in [0.2, 0.25) is 0 Å². The molecule has 6 heteroatoms. The number of hydrogen-bond donors (Lipinski definition) is 2. The highest BCUT2D eigenvalue weighted by Crippen LogP contribution is 2.40. The molecule has 0 amide bonds. The number of nitrogens with zero attached hydrogens (tertiary/aromatic N) is 3. The highest BCUT2D eigenvalue weighted by atomic mass is 32.1. The Morgan fingerprint density at radius 1 is 0.966 bits per heavy atom. The van der Waals surface area contributed by atoms with Crippen LogP contribution < -0.4 is 10.7 Å². The summed E-state index contributed by atoms with van der Waals surface area (Å²) in [6.07, 6.45) is 1.02. The summed E-state index contributed by atoms with van der Waals surface area (Å²) in [6, 6.07) is 20.8. The molecule has 4 fully saturated rings. The third-order valence-electron chi connectivity index (χ3n) is 6.37. The predicted molar refractivity (Wildman–Crippen MR) is 122 cm³/mol. The number of hydrogen-bond acceptors (Lipinski definition) is 4. The Balaban J connectivity index is 1.40. The number of hydrazone groups is 1. The SMILES string of the molecule is S=C(NN=C1C2CN3CCN(C2)CC1(Cc1ccccc1)C3)Nc1ccccc1. The van der Waals surface area contributed by atoms with Crippen LogP contribution in [0.5, 0.6) is 0 Å². The van der Waals surface area contributed by atoms with Crippen LogP contribution in [0.1, 0.15) is 5.56 Å². The van der Waals surface area contributed by atoms with E-state index >= 15 is 0 Å². The maximum Gasteiger partial charge on any atom is 0.191 e. The lowest BCUT2D eigenvalue weighted by Crippen LogP contribution is -2.62. The number of fused-ring (bicyclic) bond motifs is 1. The Labute approximate surface area is 177 Å². The number of benzene rings is 2. The smallest absolute Gasteiger partial charge is 0.191 e. The van der Waals surface area contributed by atoms with Crippen LogP contribution >= 0.6 is 12.2 Å². The maximum atomic E-state index is 5.51. The van der Waals surface area contributed by atoms with E-state index in [1.54, 1.807) is 0 Å². The largest absolute Gasteiger partial charge is 0.331 e. The van der Waals surface area contributed by atoms with Gasteiger partial charge in [0, 0.05) is 56.3 Å². The topological polar surface area (TPSA) is 42.9 Å². The minimum atomic E-state index is 0.0500. The molecule has 6 rings (SSSR count). The van der Waals surface area contributed by atoms with Gasteiger partial charge in [-0.1, -0.05) is 48.5 Å². The number of anilines is 1. The first kappa shape index (κ1) is 18.7. The summed E-state index contributed by atoms with van der Waals surface area (Å²) in [5.74, 6) is 0.468. The van der Waals surface area contributed by atoms with Crippen molar-refractivity contribution in [1.29, 1.82) is 0 Å². The zero-order valence-corrected chi connectivity index (χ0v) is 17.4. The zero-order valence-electron chi connectivity index (χ0n) is 16.6. The van der Waals surface area contributed by atoms with Gasteiger partial charge < -0.3 is 15.1 Å². The molecule has 4 saturated heterocycles. The van der Waals surface area contributed by atoms with Gasteiger partial charge in [0.15, 0.2) is 5.11 Å². The molecule has 4 aliphatic rings. The van der Waals surface area contributed by atoms with Crippen molar-refractivity contribution in [1.82, 2.24) is 15.2 Å². The molecule has 0 saturated carbocycles. The molecule has 0 radical (unpaired) electrons. The monoisotopic (exact) mass is 405 g/mol. The summed E-state index contributed by atoms with van der Waals surface area (Å²) >= 11 is 5.51. The minimum Gasteiger partial charge on any atom is -0.331 e. The van der Waals surface area contributed by atoms with Gasteiger partial charge in [0.1, 0.15) is 0 Å². The maximum absolute atomic E-state index is 5.51. The first-order valence-corrected chi connectivity index (χ1v) is 10.8. The van der Waals surface area contributed by atoms with Gasteiger partial charge in [-0.05, 0) is 36.3 Å². The van der Waals surface area contributed by atoms with E-state index in [0.29, 0.717) is 11.0 Å². The third-order valence-corrected chi connectivity index (χ3v) is 6.56. The highest BCUT2D eigenvalue weighted by Gasteiger charge is 2.52. The van der Waals surface area contributed by atoms with E-state index in [9.17, 15) is 0 Å². The van der Waals surface area contributed by atoms with Gasteiger partial charge in [-0.2, -0.15) is 5.10 Å². The lowest BCUT2D eigenvalue weighted by Gasteiger charge is -2.50. The Morgan fingerprint density at radius 3 is 2.24 bits per heavy atom. The van der Waals surface area contributed by atoms with Crippen molar-refractivity contribution in [3.05, 3.63) is 66.2 Å². The Kier molecular flexibility index (Phi) is 5.08. The van der Waals surface area contributed by atoms with Crippen molar-refractivity contribution >= 4 is 28.7 Å². The summed E-state index contributed by atoms with van der Waals surface area (Å²) in [6.45, 7) is 6.70. The van der Waals surface area contributed by atoms with Gasteiger partial charge in [0.25, 0.3) is 0 Å². The number of piperidine rings is 2. The lowest BCUT2D eigenvalue weighted by molar-refractivity contribution is 0.117. The van der Waals surface area contributed by atoms with Gasteiger partial charge in [-0.15, -0.1) is 0 Å². The molecule has 4 heterocycles. The average Bonchev–Trinajstić information content (AvgIpc) is 2.96. The molecule has 0 spiro atoms. The van der Waals surface area contributed by atoms with Crippen LogP contribution in [0.2, 0.25) is 0 Å². The van der Waals surface area contributed by atoms with Crippen LogP contribution in [0, 0.1) is 11.3 Å². The lowest BCUT2D eigenvalue weighted by atomic mass is 9.67. The molecule has 2 unspecified atom stereocenters. The molecule has 0 aromatic heterocycles. The second-order valence-electron chi connectivity index (χ2n) is 8.54. The van der Waals surface area contributed by atoms with Crippen LogP contribution in [0.15, 0.2) is 65.8 Å². The average molecular weight is 406 g/mol. The van der Waals surface area contributed by atoms with Gasteiger partial charge in [-0.25, -0.2) is 0 Å². The van der Waals surface area contributed by atoms with Crippen LogP contribution in [0.25, 0.3) is 0 Å². The van der Waals surface area contributed by atoms with Crippen LogP contribution in [0.3, 0.4) is 0 Å². The molecular weight excluding hydrogens is 378 g/mol. The number of para-hydroxylation sites is 1. The molecule has 2 aromatic carbocycles. The third kappa shape index (κ3) is 3.92. The van der Waals surface area contributed by atoms with Crippen LogP contribution in [-0.2, 0) is 6.42 Å². The first-order valence-electron chi connectivity index (χ1n) is 10.4. The van der Waals surface area contributed by atoms with Crippen LogP contribution in [0.4, 0.5) is 5.69 Å². The summed E-state index contributed by atoms with van der Waals surface area (Å²) in [7, 11) is 0. The van der Waals surface area contributed by atoms with E-state index in [4.69, 9.17) is 17.3 Å². The highest BCUT2D eigenvalue weighted by molar-refractivity contribution is 7.80. The predicted octanol–water partition coefficient (Wildman–Crippen LogP) is 2.82. The Hall–Kier alpha value is -2.28. The van der Waals surface area contributed by atoms with Crippen molar-refractivity contribution < 1.29 is 0 Å². The number of nitrogens with one attached hydrogen (secondary N) is 2. The van der Waals surface area contributed by atoms with Crippen molar-refractivity contribution in [2.45, 2.75) is 6.42 Å². The van der Waals surface area contributed by atoms with E-state index in [1.807, 2.05) is 30.3 Å². The summed E-state index contributed by atoms with van der Waals surface area (Å²) in [4.78, 5) is 5.28. The molecule has 2 N–H and O–H groups in total. The summed E-state index contributed by atoms with van der Waals surface area (Å²) < 4.78 is 0. The fourth-order valence-corrected chi connectivity index (χ4v) is 5.46. The van der Waals surface area contributed by atoms with Gasteiger partial charge in [-0.3, -0.25) is 5.43 Å². The second kappa shape index (κ2) is 7.86. The Bertz CT molecular complexity index is 882. The van der Waals surface area contributed by atoms with Crippen molar-refractivity contribution in [3.8, 4) is 0 Å². The van der Waals surface area contributed by atoms with Crippen molar-refractivity contribution in [2.24, 2.45) is 16.4 Å². The fourth-order valence-electron chi connectivity index (χ4n) is 5.30. The van der Waals surface area contributed by atoms with E-state index in [0.717, 1.165) is 38.3 Å². The molecule has 5 nitrogen and oxygen atoms in total. The van der Waals surface area contributed by atoms with Crippen LogP contribution in [-0.4, -0.2) is 59.9 Å². The molecule has 4 bridgehead atoms. The molecule has 29 heavy (non-hydrogen) atoms. The van der Waals surface area contributed by atoms with E-state index in [-0.39, 0.29) is 5.41 Å². The van der Waals surface area contributed by atoms with Crippen molar-refractivity contribution in [2.75, 3.05) is 44.6 Å². The zero-order chi connectivity index (χ0) is 19.7. The normalized spacial score (nSPS) is 31.4. The second-order valence-corrected chi connectivity index (χ2v) is 8.95. The molecular formula is C23H27N5S. The molecule has 4 aliphatic heterocycles. The molecule has 0 aliphatic carbocycles. The summed E-state index contributed by atoms with van der Waals surface area (Å²) in [5, 5.41) is 8.72. The van der Waals surface area contributed by atoms with Gasteiger partial charge in [0.05, 0.1) is 5.71 Å². The van der Waals surface area contributed by atoms with E-state index in [2.05, 4.69) is 50.9 Å². The number of thiocarbonyl (C=S) groups is 1. The first-order chi connectivity index (χ1) is 14.2. The quantitative estimate of drug-likeness (QED) is 0.605. The molecule has 2 atom stereocenters. The minimum absolute atomic E-state index is 0.0500. The Morgan fingerprint density at radius 2 is 1.59 bits per heavy atom. The summed E-state index contributed by atoms with van der Waals surface area (Å²) in [5.41, 5.74) is 6.87. The molecule has 2 aromatic rings. The number of rotatable bonds is 4. The standard InChI is InChI=1S/C23H27N5S/c29-22(24-20-9-5-2-6-10-20)26-25-21-19-14-27-11-12-28(15-19)17-23(21,16-27)13-18-7-3-1-4-8-18/h1-10,19H,11-17H2,(H2,24,26,29). The van der Waals surface area contributed by atoms with E-state index in [1.165, 1.54) is 24.4 Å².